The molecule has 0 bridgehead atoms. The van der Waals surface area contributed by atoms with Gasteiger partial charge < -0.3 is 4.90 Å². The van der Waals surface area contributed by atoms with Crippen molar-refractivity contribution >= 4 is 11.6 Å². The monoisotopic (exact) mass is 452 g/mol. The van der Waals surface area contributed by atoms with Gasteiger partial charge in [0.25, 0.3) is 5.91 Å². The Morgan fingerprint density at radius 1 is 0.909 bits per heavy atom. The number of hydrogen-bond donors (Lipinski definition) is 0. The number of hydrogen-bond acceptors (Lipinski definition) is 2. The van der Waals surface area contributed by atoms with Crippen molar-refractivity contribution in [2.75, 3.05) is 18.0 Å². The summed E-state index contributed by atoms with van der Waals surface area (Å²) in [5.41, 5.74) is 2.88. The number of rotatable bonds is 5. The number of piperidine rings is 1. The number of likely N-dealkylation sites (tertiary alicyclic amines) is 1. The van der Waals surface area contributed by atoms with E-state index in [1.54, 1.807) is 12.1 Å². The van der Waals surface area contributed by atoms with Gasteiger partial charge in [0, 0.05) is 36.9 Å². The van der Waals surface area contributed by atoms with Crippen LogP contribution < -0.4 is 4.90 Å². The molecule has 0 aliphatic carbocycles. The molecule has 33 heavy (non-hydrogen) atoms. The molecule has 3 aromatic carbocycles. The normalized spacial score (nSPS) is 15.4. The van der Waals surface area contributed by atoms with E-state index in [9.17, 15) is 18.0 Å². The Morgan fingerprint density at radius 2 is 1.52 bits per heavy atom. The zero-order chi connectivity index (χ0) is 23.4. The van der Waals surface area contributed by atoms with Gasteiger partial charge in [-0.2, -0.15) is 13.2 Å². The average Bonchev–Trinajstić information content (AvgIpc) is 2.81. The van der Waals surface area contributed by atoms with Crippen LogP contribution in [0.5, 0.6) is 0 Å². The largest absolute Gasteiger partial charge is 0.416 e. The molecule has 1 heterocycles. The minimum atomic E-state index is -4.32. The maximum Gasteiger partial charge on any atom is 0.416 e. The van der Waals surface area contributed by atoms with Crippen LogP contribution >= 0.6 is 0 Å². The highest BCUT2D eigenvalue weighted by atomic mass is 19.4. The second-order valence-corrected chi connectivity index (χ2v) is 8.58. The van der Waals surface area contributed by atoms with Crippen LogP contribution in [0.1, 0.15) is 39.9 Å². The highest BCUT2D eigenvalue weighted by Gasteiger charge is 2.31. The first-order valence-corrected chi connectivity index (χ1v) is 11.1. The van der Waals surface area contributed by atoms with Crippen molar-refractivity contribution in [3.8, 4) is 0 Å². The van der Waals surface area contributed by atoms with Gasteiger partial charge in [0.1, 0.15) is 0 Å². The highest BCUT2D eigenvalue weighted by molar-refractivity contribution is 6.06. The number of aryl methyl sites for hydroxylation is 1. The van der Waals surface area contributed by atoms with Crippen molar-refractivity contribution in [1.29, 1.82) is 0 Å². The third-order valence-corrected chi connectivity index (χ3v) is 6.16. The van der Waals surface area contributed by atoms with Crippen LogP contribution in [-0.2, 0) is 12.7 Å². The molecule has 4 rings (SSSR count). The average molecular weight is 453 g/mol. The summed E-state index contributed by atoms with van der Waals surface area (Å²) in [6, 6.07) is 22.8. The summed E-state index contributed by atoms with van der Waals surface area (Å²) >= 11 is 0. The molecule has 0 aromatic heterocycles. The lowest BCUT2D eigenvalue weighted by Gasteiger charge is -2.38. The number of nitrogens with zero attached hydrogens (tertiary/aromatic N) is 2. The van der Waals surface area contributed by atoms with E-state index >= 15 is 0 Å². The van der Waals surface area contributed by atoms with Crippen LogP contribution in [-0.4, -0.2) is 29.9 Å². The van der Waals surface area contributed by atoms with Crippen LogP contribution in [0.2, 0.25) is 0 Å². The first kappa shape index (κ1) is 23.1. The fourth-order valence-corrected chi connectivity index (χ4v) is 4.31. The fourth-order valence-electron chi connectivity index (χ4n) is 4.31. The molecule has 172 valence electrons. The smallest absolute Gasteiger partial charge is 0.305 e. The molecule has 1 aliphatic heterocycles. The van der Waals surface area contributed by atoms with E-state index in [4.69, 9.17) is 0 Å². The number of anilines is 1. The van der Waals surface area contributed by atoms with Gasteiger partial charge in [0.2, 0.25) is 0 Å². The lowest BCUT2D eigenvalue weighted by atomic mass is 9.99. The summed E-state index contributed by atoms with van der Waals surface area (Å²) in [4.78, 5) is 17.6. The van der Waals surface area contributed by atoms with Crippen LogP contribution in [0.4, 0.5) is 18.9 Å². The molecule has 1 amide bonds. The number of amides is 1. The van der Waals surface area contributed by atoms with Gasteiger partial charge in [-0.15, -0.1) is 0 Å². The number of para-hydroxylation sites is 1. The highest BCUT2D eigenvalue weighted by Crippen LogP contribution is 2.30. The zero-order valence-corrected chi connectivity index (χ0v) is 18.6. The first-order chi connectivity index (χ1) is 15.8. The van der Waals surface area contributed by atoms with Gasteiger partial charge in [-0.1, -0.05) is 48.0 Å². The van der Waals surface area contributed by atoms with Gasteiger partial charge in [-0.05, 0) is 61.7 Å². The summed E-state index contributed by atoms with van der Waals surface area (Å²) in [5, 5.41) is 0. The molecule has 0 atom stereocenters. The van der Waals surface area contributed by atoms with Crippen molar-refractivity contribution in [3.05, 3.63) is 101 Å². The number of alkyl halides is 3. The molecule has 0 spiro atoms. The van der Waals surface area contributed by atoms with E-state index in [1.165, 1.54) is 0 Å². The number of carbonyl (C=O) groups is 1. The van der Waals surface area contributed by atoms with E-state index < -0.39 is 11.7 Å². The Hall–Kier alpha value is -3.12. The Bertz CT molecular complexity index is 1060. The fraction of sp³-hybridized carbons (Fsp3) is 0.296. The van der Waals surface area contributed by atoms with E-state index in [-0.39, 0.29) is 11.9 Å². The molecule has 1 aliphatic rings. The zero-order valence-electron chi connectivity index (χ0n) is 18.6. The molecule has 0 N–H and O–H groups in total. The van der Waals surface area contributed by atoms with Crippen molar-refractivity contribution in [1.82, 2.24) is 4.90 Å². The second-order valence-electron chi connectivity index (χ2n) is 8.58. The summed E-state index contributed by atoms with van der Waals surface area (Å²) < 4.78 is 38.4. The standard InChI is InChI=1S/C27H27F3N2O/c1-20-7-11-22(12-8-20)26(33)32(24-5-3-2-4-6-24)25-15-17-31(18-16-25)19-21-9-13-23(14-10-21)27(28,29)30/h2-14,25H,15-19H2,1H3. The van der Waals surface area contributed by atoms with Crippen LogP contribution in [0.3, 0.4) is 0 Å². The van der Waals surface area contributed by atoms with E-state index in [0.29, 0.717) is 12.1 Å². The van der Waals surface area contributed by atoms with Crippen molar-refractivity contribution < 1.29 is 18.0 Å². The molecule has 3 aromatic rings. The van der Waals surface area contributed by atoms with E-state index in [0.717, 1.165) is 54.9 Å². The third kappa shape index (κ3) is 5.63. The molecule has 0 radical (unpaired) electrons. The van der Waals surface area contributed by atoms with Gasteiger partial charge in [-0.25, -0.2) is 0 Å². The third-order valence-electron chi connectivity index (χ3n) is 6.16. The SMILES string of the molecule is Cc1ccc(C(=O)N(c2ccccc2)C2CCN(Cc3ccc(C(F)(F)F)cc3)CC2)cc1. The first-order valence-electron chi connectivity index (χ1n) is 11.1. The quantitative estimate of drug-likeness (QED) is 0.452. The van der Waals surface area contributed by atoms with Gasteiger partial charge >= 0.3 is 6.18 Å². The Morgan fingerprint density at radius 3 is 2.09 bits per heavy atom. The molecule has 1 saturated heterocycles. The van der Waals surface area contributed by atoms with Crippen LogP contribution in [0, 0.1) is 6.92 Å². The van der Waals surface area contributed by atoms with Crippen molar-refractivity contribution in [3.63, 3.8) is 0 Å². The predicted octanol–water partition coefficient (Wildman–Crippen LogP) is 6.33. The lowest BCUT2D eigenvalue weighted by Crippen LogP contribution is -2.47. The van der Waals surface area contributed by atoms with Gasteiger partial charge in [0.15, 0.2) is 0 Å². The Labute approximate surface area is 192 Å². The van der Waals surface area contributed by atoms with Crippen LogP contribution in [0.15, 0.2) is 78.9 Å². The molecule has 1 fully saturated rings. The van der Waals surface area contributed by atoms with Crippen molar-refractivity contribution in [2.24, 2.45) is 0 Å². The summed E-state index contributed by atoms with van der Waals surface area (Å²) in [6.07, 6.45) is -2.72. The second kappa shape index (κ2) is 9.79. The topological polar surface area (TPSA) is 23.6 Å². The van der Waals surface area contributed by atoms with Crippen molar-refractivity contribution in [2.45, 2.75) is 38.5 Å². The maximum absolute atomic E-state index is 13.5. The Kier molecular flexibility index (Phi) is 6.84. The van der Waals surface area contributed by atoms with E-state index in [1.807, 2.05) is 66.4 Å². The number of carbonyl (C=O) groups excluding carboxylic acids is 1. The molecule has 0 unspecified atom stereocenters. The van der Waals surface area contributed by atoms with E-state index in [2.05, 4.69) is 4.90 Å². The minimum Gasteiger partial charge on any atom is -0.305 e. The number of benzene rings is 3. The summed E-state index contributed by atoms with van der Waals surface area (Å²) in [5.74, 6) is -0.0117. The molecule has 0 saturated carbocycles. The molecular weight excluding hydrogens is 425 g/mol. The molecular formula is C27H27F3N2O. The maximum atomic E-state index is 13.5. The lowest BCUT2D eigenvalue weighted by molar-refractivity contribution is -0.137. The molecule has 3 nitrogen and oxygen atoms in total. The minimum absolute atomic E-state index is 0.0117. The molecule has 6 heteroatoms. The Balaban J connectivity index is 1.45. The van der Waals surface area contributed by atoms with Gasteiger partial charge in [-0.3, -0.25) is 9.69 Å². The van der Waals surface area contributed by atoms with Crippen LogP contribution in [0.25, 0.3) is 0 Å². The summed E-state index contributed by atoms with van der Waals surface area (Å²) in [6.45, 7) is 4.14. The number of halogens is 3. The van der Waals surface area contributed by atoms with Gasteiger partial charge in [0.05, 0.1) is 5.56 Å². The predicted molar refractivity (Wildman–Crippen MR) is 124 cm³/mol. The summed E-state index contributed by atoms with van der Waals surface area (Å²) in [7, 11) is 0.